The molecule has 2 atom stereocenters. The molecule has 28 heavy (non-hydrogen) atoms. The Balaban J connectivity index is 1.65. The van der Waals surface area contributed by atoms with E-state index < -0.39 is 10.0 Å². The number of amides is 1. The van der Waals surface area contributed by atoms with E-state index in [2.05, 4.69) is 30.0 Å². The summed E-state index contributed by atoms with van der Waals surface area (Å²) in [6.45, 7) is 5.44. The van der Waals surface area contributed by atoms with Crippen molar-refractivity contribution < 1.29 is 13.2 Å². The first kappa shape index (κ1) is 21.2. The summed E-state index contributed by atoms with van der Waals surface area (Å²) in [5.41, 5.74) is 6.73. The van der Waals surface area contributed by atoms with Gasteiger partial charge in [-0.2, -0.15) is 4.31 Å². The molecule has 1 amide bonds. The van der Waals surface area contributed by atoms with E-state index in [0.29, 0.717) is 24.7 Å². The Labute approximate surface area is 168 Å². The highest BCUT2D eigenvalue weighted by Crippen LogP contribution is 2.23. The van der Waals surface area contributed by atoms with Gasteiger partial charge in [0.25, 0.3) is 0 Å². The molecule has 3 rings (SSSR count). The number of hydrogen-bond acceptors (Lipinski definition) is 5. The van der Waals surface area contributed by atoms with Crippen LogP contribution in [-0.4, -0.2) is 43.8 Å². The monoisotopic (exact) mass is 408 g/mol. The van der Waals surface area contributed by atoms with Crippen LogP contribution in [0.4, 0.5) is 5.69 Å². The van der Waals surface area contributed by atoms with E-state index in [-0.39, 0.29) is 22.9 Å². The zero-order chi connectivity index (χ0) is 20.1. The van der Waals surface area contributed by atoms with E-state index in [1.165, 1.54) is 0 Å². The summed E-state index contributed by atoms with van der Waals surface area (Å²) in [6.07, 6.45) is 5.65. The van der Waals surface area contributed by atoms with E-state index in [1.807, 2.05) is 0 Å². The predicted molar refractivity (Wildman–Crippen MR) is 110 cm³/mol. The number of nitrogens with one attached hydrogen (secondary N) is 3. The van der Waals surface area contributed by atoms with Crippen LogP contribution < -0.4 is 16.2 Å². The maximum absolute atomic E-state index is 13.0. The number of carbonyl (C=O) groups is 1. The molecule has 8 heteroatoms. The molecule has 0 radical (unpaired) electrons. The van der Waals surface area contributed by atoms with Gasteiger partial charge < -0.3 is 5.32 Å². The second kappa shape index (κ2) is 9.35. The maximum Gasteiger partial charge on any atom is 0.243 e. The molecule has 1 aromatic carbocycles. The van der Waals surface area contributed by atoms with Crippen LogP contribution in [0.3, 0.4) is 0 Å². The fourth-order valence-electron chi connectivity index (χ4n) is 3.91. The second-order valence-electron chi connectivity index (χ2n) is 8.24. The van der Waals surface area contributed by atoms with Gasteiger partial charge in [0.2, 0.25) is 15.9 Å². The number of nitrogens with zero attached hydrogens (tertiary/aromatic N) is 1. The Morgan fingerprint density at radius 2 is 1.89 bits per heavy atom. The van der Waals surface area contributed by atoms with Crippen molar-refractivity contribution in [2.24, 2.45) is 5.92 Å². The molecular formula is C20H32N4O3S. The summed E-state index contributed by atoms with van der Waals surface area (Å²) >= 11 is 0. The third-order valence-corrected chi connectivity index (χ3v) is 7.25. The highest BCUT2D eigenvalue weighted by Gasteiger charge is 2.30. The molecule has 156 valence electrons. The molecule has 2 unspecified atom stereocenters. The minimum absolute atomic E-state index is 0.150. The molecule has 2 heterocycles. The smallest absolute Gasteiger partial charge is 0.243 e. The Hall–Kier alpha value is -1.48. The second-order valence-corrected chi connectivity index (χ2v) is 10.2. The molecule has 3 N–H and O–H groups in total. The minimum Gasteiger partial charge on any atom is -0.325 e. The van der Waals surface area contributed by atoms with Crippen molar-refractivity contribution in [1.82, 2.24) is 15.2 Å². The standard InChI is InChI=1S/C20H32N4O3S/c1-15(2)12-17-14-19(23-22-17)20(25)21-16-8-7-9-18(13-16)28(26,27)24-10-5-3-4-6-11-24/h7-9,13,15,17,19,22-23H,3-6,10-12,14H2,1-2H3,(H,21,25). The van der Waals surface area contributed by atoms with Crippen LogP contribution in [0, 0.1) is 5.92 Å². The molecule has 0 saturated carbocycles. The predicted octanol–water partition coefficient (Wildman–Crippen LogP) is 2.47. The average molecular weight is 409 g/mol. The van der Waals surface area contributed by atoms with E-state index in [1.54, 1.807) is 28.6 Å². The number of hydrogen-bond donors (Lipinski definition) is 3. The van der Waals surface area contributed by atoms with Crippen molar-refractivity contribution in [3.05, 3.63) is 24.3 Å². The summed E-state index contributed by atoms with van der Waals surface area (Å²) in [6, 6.07) is 6.52. The molecule has 2 aliphatic rings. The SMILES string of the molecule is CC(C)CC1CC(C(=O)Nc2cccc(S(=O)(=O)N3CCCCCC3)c2)NN1. The molecule has 0 aromatic heterocycles. The van der Waals surface area contributed by atoms with Crippen molar-refractivity contribution in [2.45, 2.75) is 69.4 Å². The van der Waals surface area contributed by atoms with Gasteiger partial charge in [0.15, 0.2) is 0 Å². The van der Waals surface area contributed by atoms with Crippen LogP contribution in [0.5, 0.6) is 0 Å². The molecule has 0 bridgehead atoms. The van der Waals surface area contributed by atoms with Crippen LogP contribution in [0.1, 0.15) is 52.4 Å². The summed E-state index contributed by atoms with van der Waals surface area (Å²) < 4.78 is 27.5. The summed E-state index contributed by atoms with van der Waals surface area (Å²) in [7, 11) is -3.53. The van der Waals surface area contributed by atoms with Gasteiger partial charge in [-0.1, -0.05) is 32.8 Å². The van der Waals surface area contributed by atoms with Crippen LogP contribution in [-0.2, 0) is 14.8 Å². The molecule has 2 aliphatic heterocycles. The first-order chi connectivity index (χ1) is 13.4. The third-order valence-electron chi connectivity index (χ3n) is 5.36. The largest absolute Gasteiger partial charge is 0.325 e. The maximum atomic E-state index is 13.0. The number of anilines is 1. The zero-order valence-corrected chi connectivity index (χ0v) is 17.6. The highest BCUT2D eigenvalue weighted by atomic mass is 32.2. The lowest BCUT2D eigenvalue weighted by molar-refractivity contribution is -0.117. The Kier molecular flexibility index (Phi) is 7.09. The van der Waals surface area contributed by atoms with Crippen LogP contribution in [0.25, 0.3) is 0 Å². The topological polar surface area (TPSA) is 90.5 Å². The fourth-order valence-corrected chi connectivity index (χ4v) is 5.48. The Morgan fingerprint density at radius 3 is 2.57 bits per heavy atom. The number of sulfonamides is 1. The van der Waals surface area contributed by atoms with E-state index >= 15 is 0 Å². The van der Waals surface area contributed by atoms with Gasteiger partial charge >= 0.3 is 0 Å². The summed E-state index contributed by atoms with van der Waals surface area (Å²) in [4.78, 5) is 12.8. The number of hydrazine groups is 1. The molecule has 2 saturated heterocycles. The molecule has 0 aliphatic carbocycles. The normalized spacial score (nSPS) is 24.2. The average Bonchev–Trinajstić information content (AvgIpc) is 2.93. The summed E-state index contributed by atoms with van der Waals surface area (Å²) in [5, 5.41) is 2.86. The van der Waals surface area contributed by atoms with Crippen molar-refractivity contribution in [2.75, 3.05) is 18.4 Å². The zero-order valence-electron chi connectivity index (χ0n) is 16.8. The van der Waals surface area contributed by atoms with E-state index in [9.17, 15) is 13.2 Å². The number of carbonyl (C=O) groups excluding carboxylic acids is 1. The molecule has 2 fully saturated rings. The number of benzene rings is 1. The van der Waals surface area contributed by atoms with Gasteiger partial charge in [-0.05, 0) is 49.8 Å². The van der Waals surface area contributed by atoms with Crippen molar-refractivity contribution >= 4 is 21.6 Å². The van der Waals surface area contributed by atoms with Gasteiger partial charge in [0.05, 0.1) is 4.90 Å². The van der Waals surface area contributed by atoms with Gasteiger partial charge in [-0.3, -0.25) is 10.2 Å². The first-order valence-electron chi connectivity index (χ1n) is 10.3. The van der Waals surface area contributed by atoms with E-state index in [4.69, 9.17) is 0 Å². The van der Waals surface area contributed by atoms with Crippen molar-refractivity contribution in [3.8, 4) is 0 Å². The first-order valence-corrected chi connectivity index (χ1v) is 11.7. The van der Waals surface area contributed by atoms with Crippen molar-refractivity contribution in [1.29, 1.82) is 0 Å². The lowest BCUT2D eigenvalue weighted by atomic mass is 10.00. The Bertz CT molecular complexity index is 773. The fraction of sp³-hybridized carbons (Fsp3) is 0.650. The van der Waals surface area contributed by atoms with Crippen LogP contribution in [0.15, 0.2) is 29.2 Å². The quantitative estimate of drug-likeness (QED) is 0.673. The minimum atomic E-state index is -3.53. The molecule has 0 spiro atoms. The van der Waals surface area contributed by atoms with Gasteiger partial charge in [-0.25, -0.2) is 13.8 Å². The van der Waals surface area contributed by atoms with Crippen LogP contribution >= 0.6 is 0 Å². The molecular weight excluding hydrogens is 376 g/mol. The molecule has 1 aromatic rings. The van der Waals surface area contributed by atoms with Gasteiger partial charge in [0.1, 0.15) is 6.04 Å². The lowest BCUT2D eigenvalue weighted by Crippen LogP contribution is -2.40. The third kappa shape index (κ3) is 5.31. The highest BCUT2D eigenvalue weighted by molar-refractivity contribution is 7.89. The van der Waals surface area contributed by atoms with Gasteiger partial charge in [0, 0.05) is 24.8 Å². The number of rotatable bonds is 6. The summed E-state index contributed by atoms with van der Waals surface area (Å²) in [5.74, 6) is 0.407. The van der Waals surface area contributed by atoms with Crippen LogP contribution in [0.2, 0.25) is 0 Å². The molecule has 7 nitrogen and oxygen atoms in total. The van der Waals surface area contributed by atoms with E-state index in [0.717, 1.165) is 38.5 Å². The van der Waals surface area contributed by atoms with Crippen molar-refractivity contribution in [3.63, 3.8) is 0 Å². The Morgan fingerprint density at radius 1 is 1.18 bits per heavy atom. The lowest BCUT2D eigenvalue weighted by Gasteiger charge is -2.20. The van der Waals surface area contributed by atoms with Gasteiger partial charge in [-0.15, -0.1) is 0 Å².